The van der Waals surface area contributed by atoms with E-state index in [1.807, 2.05) is 0 Å². The van der Waals surface area contributed by atoms with E-state index in [4.69, 9.17) is 0 Å². The Labute approximate surface area is 223 Å². The maximum Gasteiger partial charge on any atom is 0.426 e. The van der Waals surface area contributed by atoms with E-state index in [0.717, 1.165) is 36.4 Å². The fraction of sp³-hybridized carbons (Fsp3) is 0.133. The lowest BCUT2D eigenvalue weighted by Crippen LogP contribution is -2.22. The second kappa shape index (κ2) is 11.5. The Balaban J connectivity index is 1.57. The first kappa shape index (κ1) is 28.8. The molecule has 0 saturated heterocycles. The van der Waals surface area contributed by atoms with Crippen molar-refractivity contribution in [2.24, 2.45) is 0 Å². The van der Waals surface area contributed by atoms with E-state index in [2.05, 4.69) is 4.74 Å². The van der Waals surface area contributed by atoms with Crippen molar-refractivity contribution in [3.63, 3.8) is 0 Å². The number of benzene rings is 4. The molecule has 0 saturated carbocycles. The van der Waals surface area contributed by atoms with Crippen LogP contribution in [0.1, 0.15) is 30.9 Å². The second-order valence-electron chi connectivity index (χ2n) is 8.76. The quantitative estimate of drug-likeness (QED) is 0.152. The highest BCUT2D eigenvalue weighted by Gasteiger charge is 2.35. The first-order chi connectivity index (χ1) is 18.9. The van der Waals surface area contributed by atoms with Gasteiger partial charge in [-0.25, -0.2) is 30.7 Å². The minimum absolute atomic E-state index is 0.0252. The third-order valence-corrected chi connectivity index (χ3v) is 5.93. The van der Waals surface area contributed by atoms with Crippen molar-refractivity contribution >= 4 is 5.83 Å². The summed E-state index contributed by atoms with van der Waals surface area (Å²) < 4.78 is 131. The zero-order valence-corrected chi connectivity index (χ0v) is 20.7. The molecule has 4 rings (SSSR count). The summed E-state index contributed by atoms with van der Waals surface area (Å²) in [5.41, 5.74) is -1.04. The van der Waals surface area contributed by atoms with E-state index in [0.29, 0.717) is 12.0 Å². The molecule has 0 N–H and O–H groups in total. The lowest BCUT2D eigenvalue weighted by molar-refractivity contribution is -0.185. The molecule has 0 heterocycles. The smallest absolute Gasteiger partial charge is 0.426 e. The topological polar surface area (TPSA) is 9.23 Å². The molecule has 0 amide bonds. The predicted molar refractivity (Wildman–Crippen MR) is 132 cm³/mol. The van der Waals surface area contributed by atoms with Crippen molar-refractivity contribution < 1.29 is 44.3 Å². The lowest BCUT2D eigenvalue weighted by atomic mass is 9.97. The molecule has 4 aromatic rings. The molecule has 0 aromatic heterocycles. The summed E-state index contributed by atoms with van der Waals surface area (Å²) in [5.74, 6) is -10.2. The molecule has 208 valence electrons. The largest absolute Gasteiger partial charge is 0.429 e. The SMILES string of the molecule is CCC/C(F)=C(\F)c1ccc(-c2cc(F)c(-c3ccc(C(F)(F)Oc4cc(F)c(F)c(F)c4)cc3)c(F)c2)cc1. The van der Waals surface area contributed by atoms with Crippen LogP contribution in [0.5, 0.6) is 5.75 Å². The van der Waals surface area contributed by atoms with Crippen molar-refractivity contribution in [2.45, 2.75) is 25.9 Å². The molecular weight excluding hydrogens is 547 g/mol. The molecule has 0 aliphatic heterocycles. The monoisotopic (exact) mass is 566 g/mol. The molecule has 0 unspecified atom stereocenters. The molecule has 40 heavy (non-hydrogen) atoms. The van der Waals surface area contributed by atoms with Gasteiger partial charge in [-0.1, -0.05) is 43.3 Å². The Hall–Kier alpha value is -4.21. The van der Waals surface area contributed by atoms with Crippen LogP contribution in [-0.4, -0.2) is 0 Å². The van der Waals surface area contributed by atoms with Gasteiger partial charge < -0.3 is 4.74 Å². The van der Waals surface area contributed by atoms with Gasteiger partial charge in [0.2, 0.25) is 0 Å². The Kier molecular flexibility index (Phi) is 8.27. The van der Waals surface area contributed by atoms with E-state index in [1.54, 1.807) is 6.92 Å². The minimum Gasteiger partial charge on any atom is -0.429 e. The first-order valence-corrected chi connectivity index (χ1v) is 11.9. The number of allylic oxidation sites excluding steroid dienone is 1. The lowest BCUT2D eigenvalue weighted by Gasteiger charge is -2.19. The summed E-state index contributed by atoms with van der Waals surface area (Å²) in [5, 5.41) is 0. The molecule has 0 aliphatic carbocycles. The first-order valence-electron chi connectivity index (χ1n) is 11.9. The average Bonchev–Trinajstić information content (AvgIpc) is 2.91. The fourth-order valence-corrected chi connectivity index (χ4v) is 3.94. The molecule has 1 nitrogen and oxygen atoms in total. The van der Waals surface area contributed by atoms with E-state index in [9.17, 15) is 39.5 Å². The van der Waals surface area contributed by atoms with E-state index >= 15 is 0 Å². The highest BCUT2D eigenvalue weighted by Crippen LogP contribution is 2.36. The highest BCUT2D eigenvalue weighted by atomic mass is 19.3. The summed E-state index contributed by atoms with van der Waals surface area (Å²) in [6.45, 7) is 1.70. The number of hydrogen-bond donors (Lipinski definition) is 0. The Morgan fingerprint density at radius 2 is 1.20 bits per heavy atom. The normalized spacial score (nSPS) is 12.3. The third kappa shape index (κ3) is 6.00. The molecule has 0 atom stereocenters. The summed E-state index contributed by atoms with van der Waals surface area (Å²) in [6.07, 6.45) is -3.78. The fourth-order valence-electron chi connectivity index (χ4n) is 3.94. The molecular formula is C30H19F9O. The number of rotatable bonds is 8. The van der Waals surface area contributed by atoms with Gasteiger partial charge in [-0.3, -0.25) is 0 Å². The van der Waals surface area contributed by atoms with Crippen LogP contribution in [0.2, 0.25) is 0 Å². The van der Waals surface area contributed by atoms with Gasteiger partial charge >= 0.3 is 6.11 Å². The van der Waals surface area contributed by atoms with Crippen molar-refractivity contribution in [1.29, 1.82) is 0 Å². The average molecular weight is 566 g/mol. The van der Waals surface area contributed by atoms with E-state index in [-0.39, 0.29) is 35.2 Å². The Morgan fingerprint density at radius 1 is 0.675 bits per heavy atom. The molecule has 0 aliphatic rings. The van der Waals surface area contributed by atoms with Gasteiger partial charge in [-0.15, -0.1) is 0 Å². The van der Waals surface area contributed by atoms with Crippen LogP contribution in [0.4, 0.5) is 39.5 Å². The minimum atomic E-state index is -4.13. The summed E-state index contributed by atoms with van der Waals surface area (Å²) in [6, 6.07) is 11.4. The molecule has 10 heteroatoms. The standard InChI is InChI=1S/C30H19F9O/c1-2-3-22(31)28(36)18-6-4-16(5-7-18)19-12-23(32)27(24(33)13-19)17-8-10-20(11-9-17)30(38,39)40-21-14-25(34)29(37)26(35)15-21/h4-15H,2-3H2,1H3/b28-22+. The van der Waals surface area contributed by atoms with Crippen LogP contribution in [-0.2, 0) is 6.11 Å². The highest BCUT2D eigenvalue weighted by molar-refractivity contribution is 5.73. The van der Waals surface area contributed by atoms with E-state index in [1.165, 1.54) is 24.3 Å². The van der Waals surface area contributed by atoms with Gasteiger partial charge in [0, 0.05) is 24.1 Å². The van der Waals surface area contributed by atoms with E-state index < -0.39 is 63.7 Å². The number of hydrogen-bond acceptors (Lipinski definition) is 1. The molecule has 0 radical (unpaired) electrons. The third-order valence-electron chi connectivity index (χ3n) is 5.93. The summed E-state index contributed by atoms with van der Waals surface area (Å²) in [7, 11) is 0. The predicted octanol–water partition coefficient (Wildman–Crippen LogP) is 10.3. The van der Waals surface area contributed by atoms with Gasteiger partial charge in [-0.2, -0.15) is 8.78 Å². The van der Waals surface area contributed by atoms with Crippen molar-refractivity contribution in [2.75, 3.05) is 0 Å². The van der Waals surface area contributed by atoms with Crippen LogP contribution in [0.3, 0.4) is 0 Å². The number of ether oxygens (including phenoxy) is 1. The zero-order valence-electron chi connectivity index (χ0n) is 20.7. The number of alkyl halides is 2. The van der Waals surface area contributed by atoms with Crippen LogP contribution < -0.4 is 4.74 Å². The Morgan fingerprint density at radius 3 is 1.73 bits per heavy atom. The van der Waals surface area contributed by atoms with Crippen LogP contribution >= 0.6 is 0 Å². The van der Waals surface area contributed by atoms with Crippen molar-refractivity contribution in [3.05, 3.63) is 119 Å². The van der Waals surface area contributed by atoms with Gasteiger partial charge in [0.15, 0.2) is 23.3 Å². The van der Waals surface area contributed by atoms with Gasteiger partial charge in [0.05, 0.1) is 11.1 Å². The maximum atomic E-state index is 15.0. The van der Waals surface area contributed by atoms with Crippen LogP contribution in [0, 0.1) is 29.1 Å². The van der Waals surface area contributed by atoms with Crippen LogP contribution in [0.15, 0.2) is 78.6 Å². The second-order valence-corrected chi connectivity index (χ2v) is 8.76. The number of halogens is 9. The van der Waals surface area contributed by atoms with Gasteiger partial charge in [0.25, 0.3) is 0 Å². The van der Waals surface area contributed by atoms with Gasteiger partial charge in [0.1, 0.15) is 23.2 Å². The van der Waals surface area contributed by atoms with Crippen LogP contribution in [0.25, 0.3) is 28.1 Å². The van der Waals surface area contributed by atoms with Crippen molar-refractivity contribution in [3.8, 4) is 28.0 Å². The Bertz CT molecular complexity index is 1510. The van der Waals surface area contributed by atoms with Crippen molar-refractivity contribution in [1.82, 2.24) is 0 Å². The van der Waals surface area contributed by atoms with Gasteiger partial charge in [-0.05, 0) is 47.4 Å². The molecule has 0 fully saturated rings. The maximum absolute atomic E-state index is 15.0. The summed E-state index contributed by atoms with van der Waals surface area (Å²) in [4.78, 5) is 0. The molecule has 4 aromatic carbocycles. The zero-order chi connectivity index (χ0) is 29.2. The summed E-state index contributed by atoms with van der Waals surface area (Å²) >= 11 is 0. The molecule has 0 bridgehead atoms. The molecule has 0 spiro atoms.